The number of ether oxygens (including phenoxy) is 1. The molecule has 6 heteroatoms. The average molecular weight is 228 g/mol. The van der Waals surface area contributed by atoms with Crippen LogP contribution in [0, 0.1) is 6.92 Å². The molecule has 1 heterocycles. The largest absolute Gasteiger partial charge is 0.494 e. The van der Waals surface area contributed by atoms with E-state index in [1.165, 1.54) is 6.92 Å². The van der Waals surface area contributed by atoms with Gasteiger partial charge in [-0.2, -0.15) is 0 Å². The fraction of sp³-hybridized carbons (Fsp3) is 0.600. The molecule has 1 aromatic heterocycles. The number of aromatic amines is 1. The summed E-state index contributed by atoms with van der Waals surface area (Å²) >= 11 is 0. The molecule has 0 radical (unpaired) electrons. The molecule has 0 bridgehead atoms. The molecule has 16 heavy (non-hydrogen) atoms. The second kappa shape index (κ2) is 4.98. The number of hydrogen-bond donors (Lipinski definition) is 2. The fourth-order valence-electron chi connectivity index (χ4n) is 1.40. The molecule has 0 aliphatic rings. The lowest BCUT2D eigenvalue weighted by Gasteiger charge is -2.16. The first-order valence-electron chi connectivity index (χ1n) is 5.11. The zero-order chi connectivity index (χ0) is 12.3. The van der Waals surface area contributed by atoms with Crippen LogP contribution in [0.4, 0.5) is 0 Å². The summed E-state index contributed by atoms with van der Waals surface area (Å²) in [5.41, 5.74) is -1.06. The van der Waals surface area contributed by atoms with Crippen LogP contribution < -0.4 is 11.2 Å². The van der Waals surface area contributed by atoms with Crippen molar-refractivity contribution in [2.24, 2.45) is 0 Å². The standard InChI is InChI=1S/C10H16N2O4/c1-4-16-5-6(2)12-9(14)7(3)8(13)11-10(12)15/h6,14H,4-5H2,1-3H3,(H,11,13,15). The number of aromatic hydroxyl groups is 1. The predicted molar refractivity (Wildman–Crippen MR) is 58.9 cm³/mol. The van der Waals surface area contributed by atoms with Gasteiger partial charge in [0.25, 0.3) is 5.56 Å². The highest BCUT2D eigenvalue weighted by Crippen LogP contribution is 2.14. The topological polar surface area (TPSA) is 84.3 Å². The number of H-pyrrole nitrogens is 1. The minimum atomic E-state index is -0.625. The van der Waals surface area contributed by atoms with Crippen LogP contribution in [0.5, 0.6) is 5.88 Å². The van der Waals surface area contributed by atoms with Gasteiger partial charge in [-0.25, -0.2) is 4.79 Å². The smallest absolute Gasteiger partial charge is 0.331 e. The van der Waals surface area contributed by atoms with Crippen LogP contribution in [0.3, 0.4) is 0 Å². The molecule has 2 N–H and O–H groups in total. The Labute approximate surface area is 92.5 Å². The van der Waals surface area contributed by atoms with Gasteiger partial charge in [0, 0.05) is 6.61 Å². The van der Waals surface area contributed by atoms with E-state index in [4.69, 9.17) is 4.74 Å². The van der Waals surface area contributed by atoms with E-state index in [9.17, 15) is 14.7 Å². The van der Waals surface area contributed by atoms with E-state index < -0.39 is 11.2 Å². The fourth-order valence-corrected chi connectivity index (χ4v) is 1.40. The molecule has 0 aliphatic carbocycles. The lowest BCUT2D eigenvalue weighted by Crippen LogP contribution is -2.34. The summed E-state index contributed by atoms with van der Waals surface area (Å²) in [6.07, 6.45) is 0. The highest BCUT2D eigenvalue weighted by Gasteiger charge is 2.15. The van der Waals surface area contributed by atoms with Crippen molar-refractivity contribution in [3.63, 3.8) is 0 Å². The quantitative estimate of drug-likeness (QED) is 0.768. The lowest BCUT2D eigenvalue weighted by atomic mass is 10.3. The van der Waals surface area contributed by atoms with E-state index in [2.05, 4.69) is 4.98 Å². The summed E-state index contributed by atoms with van der Waals surface area (Å²) in [4.78, 5) is 24.8. The third-order valence-corrected chi connectivity index (χ3v) is 2.35. The van der Waals surface area contributed by atoms with Gasteiger partial charge >= 0.3 is 5.69 Å². The Morgan fingerprint density at radius 2 is 2.12 bits per heavy atom. The van der Waals surface area contributed by atoms with Crippen LogP contribution in [0.1, 0.15) is 25.5 Å². The second-order valence-electron chi connectivity index (χ2n) is 3.59. The highest BCUT2D eigenvalue weighted by molar-refractivity contribution is 5.20. The van der Waals surface area contributed by atoms with E-state index >= 15 is 0 Å². The maximum atomic E-state index is 11.5. The Hall–Kier alpha value is -1.56. The summed E-state index contributed by atoms with van der Waals surface area (Å²) in [7, 11) is 0. The molecule has 6 nitrogen and oxygen atoms in total. The Morgan fingerprint density at radius 1 is 1.50 bits per heavy atom. The molecule has 1 unspecified atom stereocenters. The van der Waals surface area contributed by atoms with Crippen LogP contribution in [0.15, 0.2) is 9.59 Å². The number of rotatable bonds is 4. The van der Waals surface area contributed by atoms with E-state index in [0.717, 1.165) is 4.57 Å². The molecular weight excluding hydrogens is 212 g/mol. The monoisotopic (exact) mass is 228 g/mol. The molecule has 90 valence electrons. The number of hydrogen-bond acceptors (Lipinski definition) is 4. The van der Waals surface area contributed by atoms with Gasteiger partial charge in [0.15, 0.2) is 0 Å². The SMILES string of the molecule is CCOCC(C)n1c(O)c(C)c(=O)[nH]c1=O. The summed E-state index contributed by atoms with van der Waals surface area (Å²) in [6.45, 7) is 5.86. The van der Waals surface area contributed by atoms with Crippen molar-refractivity contribution in [3.05, 3.63) is 26.4 Å². The van der Waals surface area contributed by atoms with E-state index in [1.807, 2.05) is 6.92 Å². The van der Waals surface area contributed by atoms with E-state index in [1.54, 1.807) is 6.92 Å². The molecule has 0 aromatic carbocycles. The average Bonchev–Trinajstić information content (AvgIpc) is 2.23. The molecule has 1 rings (SSSR count). The minimum Gasteiger partial charge on any atom is -0.494 e. The minimum absolute atomic E-state index is 0.128. The molecule has 0 aliphatic heterocycles. The zero-order valence-electron chi connectivity index (χ0n) is 9.61. The number of nitrogens with one attached hydrogen (secondary N) is 1. The van der Waals surface area contributed by atoms with Crippen LogP contribution >= 0.6 is 0 Å². The van der Waals surface area contributed by atoms with Gasteiger partial charge in [-0.15, -0.1) is 0 Å². The van der Waals surface area contributed by atoms with Crippen molar-refractivity contribution >= 4 is 0 Å². The van der Waals surface area contributed by atoms with Gasteiger partial charge in [0.2, 0.25) is 5.88 Å². The summed E-state index contributed by atoms with van der Waals surface area (Å²) in [5.74, 6) is -0.305. The Morgan fingerprint density at radius 3 is 2.69 bits per heavy atom. The Balaban J connectivity index is 3.18. The van der Waals surface area contributed by atoms with Crippen molar-refractivity contribution in [3.8, 4) is 5.88 Å². The highest BCUT2D eigenvalue weighted by atomic mass is 16.5. The second-order valence-corrected chi connectivity index (χ2v) is 3.59. The van der Waals surface area contributed by atoms with Crippen molar-refractivity contribution in [1.82, 2.24) is 9.55 Å². The van der Waals surface area contributed by atoms with Gasteiger partial charge in [-0.1, -0.05) is 0 Å². The summed E-state index contributed by atoms with van der Waals surface area (Å²) < 4.78 is 6.28. The molecule has 0 saturated carbocycles. The molecule has 1 atom stereocenters. The van der Waals surface area contributed by atoms with Crippen LogP contribution in [-0.4, -0.2) is 27.9 Å². The van der Waals surface area contributed by atoms with E-state index in [0.29, 0.717) is 13.2 Å². The zero-order valence-corrected chi connectivity index (χ0v) is 9.61. The third kappa shape index (κ3) is 2.33. The summed E-state index contributed by atoms with van der Waals surface area (Å²) in [5, 5.41) is 9.72. The molecule has 0 spiro atoms. The Kier molecular flexibility index (Phi) is 3.89. The first-order chi connectivity index (χ1) is 7.49. The first-order valence-corrected chi connectivity index (χ1v) is 5.11. The van der Waals surface area contributed by atoms with Crippen LogP contribution in [0.25, 0.3) is 0 Å². The summed E-state index contributed by atoms with van der Waals surface area (Å²) in [6, 6.07) is -0.331. The van der Waals surface area contributed by atoms with E-state index in [-0.39, 0.29) is 17.5 Å². The number of aromatic nitrogens is 2. The van der Waals surface area contributed by atoms with Crippen LogP contribution in [0.2, 0.25) is 0 Å². The maximum Gasteiger partial charge on any atom is 0.331 e. The molecule has 0 fully saturated rings. The van der Waals surface area contributed by atoms with Gasteiger partial charge in [0.05, 0.1) is 18.2 Å². The van der Waals surface area contributed by atoms with Crippen molar-refractivity contribution < 1.29 is 9.84 Å². The first kappa shape index (κ1) is 12.5. The third-order valence-electron chi connectivity index (χ3n) is 2.35. The number of nitrogens with zero attached hydrogens (tertiary/aromatic N) is 1. The van der Waals surface area contributed by atoms with Gasteiger partial charge in [0.1, 0.15) is 0 Å². The molecule has 0 saturated heterocycles. The van der Waals surface area contributed by atoms with Crippen molar-refractivity contribution in [1.29, 1.82) is 0 Å². The Bertz CT molecular complexity index is 475. The van der Waals surface area contributed by atoms with Crippen molar-refractivity contribution in [2.75, 3.05) is 13.2 Å². The van der Waals surface area contributed by atoms with Crippen molar-refractivity contribution in [2.45, 2.75) is 26.8 Å². The lowest BCUT2D eigenvalue weighted by molar-refractivity contribution is 0.114. The normalized spacial score (nSPS) is 12.7. The molecule has 0 amide bonds. The maximum absolute atomic E-state index is 11.5. The van der Waals surface area contributed by atoms with Gasteiger partial charge in [-0.3, -0.25) is 14.3 Å². The molecular formula is C10H16N2O4. The predicted octanol–water partition coefficient (Wildman–Crippen LogP) is 0.148. The molecule has 1 aromatic rings. The van der Waals surface area contributed by atoms with Crippen LogP contribution in [-0.2, 0) is 4.74 Å². The van der Waals surface area contributed by atoms with Gasteiger partial charge < -0.3 is 9.84 Å². The van der Waals surface area contributed by atoms with Gasteiger partial charge in [-0.05, 0) is 20.8 Å².